The highest BCUT2D eigenvalue weighted by Gasteiger charge is 2.22. The number of hydrogen-bond donors (Lipinski definition) is 2. The first kappa shape index (κ1) is 16.8. The Bertz CT molecular complexity index is 516. The summed E-state index contributed by atoms with van der Waals surface area (Å²) in [7, 11) is 0. The molecule has 0 fully saturated rings. The molecule has 0 spiro atoms. The second-order valence-electron chi connectivity index (χ2n) is 4.86. The summed E-state index contributed by atoms with van der Waals surface area (Å²) in [5.41, 5.74) is 6.79. The number of carboxylic acid groups (broad SMARTS) is 1. The van der Waals surface area contributed by atoms with Crippen molar-refractivity contribution in [2.75, 3.05) is 11.4 Å². The van der Waals surface area contributed by atoms with Gasteiger partial charge in [0.15, 0.2) is 6.10 Å². The molecular weight excluding hydrogens is 272 g/mol. The fourth-order valence-corrected chi connectivity index (χ4v) is 1.96. The number of primary amides is 1. The zero-order valence-electron chi connectivity index (χ0n) is 12.6. The van der Waals surface area contributed by atoms with E-state index in [-0.39, 0.29) is 0 Å². The fraction of sp³-hybridized carbons (Fsp3) is 0.467. The van der Waals surface area contributed by atoms with Crippen molar-refractivity contribution in [2.24, 2.45) is 5.73 Å². The Morgan fingerprint density at radius 3 is 2.62 bits per heavy atom. The van der Waals surface area contributed by atoms with Gasteiger partial charge in [-0.1, -0.05) is 25.5 Å². The summed E-state index contributed by atoms with van der Waals surface area (Å²) in [4.78, 5) is 24.1. The minimum absolute atomic E-state index is 0.347. The van der Waals surface area contributed by atoms with Crippen molar-refractivity contribution in [3.63, 3.8) is 0 Å². The number of amides is 2. The second-order valence-corrected chi connectivity index (χ2v) is 4.86. The van der Waals surface area contributed by atoms with E-state index in [1.807, 2.05) is 19.9 Å². The lowest BCUT2D eigenvalue weighted by Crippen LogP contribution is -2.37. The van der Waals surface area contributed by atoms with Crippen LogP contribution in [0.15, 0.2) is 18.2 Å². The van der Waals surface area contributed by atoms with Crippen LogP contribution < -0.4 is 15.4 Å². The SMILES string of the molecule is CCCCN(C(N)=O)c1c(C)cccc1OC(C)C(=O)O. The Labute approximate surface area is 124 Å². The third-order valence-electron chi connectivity index (χ3n) is 3.12. The van der Waals surface area contributed by atoms with Crippen molar-refractivity contribution in [2.45, 2.75) is 39.7 Å². The summed E-state index contributed by atoms with van der Waals surface area (Å²) in [6.45, 7) is 5.75. The molecule has 3 N–H and O–H groups in total. The Morgan fingerprint density at radius 1 is 1.43 bits per heavy atom. The molecule has 0 aliphatic rings. The van der Waals surface area contributed by atoms with E-state index in [2.05, 4.69) is 0 Å². The van der Waals surface area contributed by atoms with Gasteiger partial charge >= 0.3 is 12.0 Å². The molecule has 0 aromatic heterocycles. The van der Waals surface area contributed by atoms with Crippen molar-refractivity contribution in [1.82, 2.24) is 0 Å². The summed E-state index contributed by atoms with van der Waals surface area (Å²) in [6, 6.07) is 4.64. The maximum absolute atomic E-state index is 11.7. The number of unbranched alkanes of at least 4 members (excludes halogenated alkanes) is 1. The first-order valence-electron chi connectivity index (χ1n) is 6.94. The molecular formula is C15H22N2O4. The number of hydrogen-bond acceptors (Lipinski definition) is 3. The van der Waals surface area contributed by atoms with E-state index in [9.17, 15) is 9.59 Å². The maximum Gasteiger partial charge on any atom is 0.344 e. The third-order valence-corrected chi connectivity index (χ3v) is 3.12. The van der Waals surface area contributed by atoms with Crippen LogP contribution in [-0.4, -0.2) is 29.8 Å². The quantitative estimate of drug-likeness (QED) is 0.808. The Kier molecular flexibility index (Phi) is 6.02. The smallest absolute Gasteiger partial charge is 0.344 e. The van der Waals surface area contributed by atoms with Gasteiger partial charge < -0.3 is 15.6 Å². The first-order chi connectivity index (χ1) is 9.88. The summed E-state index contributed by atoms with van der Waals surface area (Å²) in [6.07, 6.45) is 0.703. The van der Waals surface area contributed by atoms with Crippen LogP contribution in [0.3, 0.4) is 0 Å². The number of benzene rings is 1. The number of aliphatic carboxylic acids is 1. The van der Waals surface area contributed by atoms with Gasteiger partial charge in [-0.05, 0) is 31.9 Å². The van der Waals surface area contributed by atoms with Gasteiger partial charge in [-0.15, -0.1) is 0 Å². The third kappa shape index (κ3) is 4.37. The molecule has 1 aromatic carbocycles. The molecule has 0 saturated carbocycles. The number of carbonyl (C=O) groups is 2. The lowest BCUT2D eigenvalue weighted by Gasteiger charge is -2.25. The van der Waals surface area contributed by atoms with Crippen molar-refractivity contribution < 1.29 is 19.4 Å². The molecule has 2 amide bonds. The van der Waals surface area contributed by atoms with E-state index in [1.165, 1.54) is 11.8 Å². The number of rotatable bonds is 7. The van der Waals surface area contributed by atoms with Gasteiger partial charge in [-0.3, -0.25) is 4.90 Å². The summed E-state index contributed by atoms with van der Waals surface area (Å²) < 4.78 is 5.45. The molecule has 1 rings (SSSR count). The molecule has 0 radical (unpaired) electrons. The summed E-state index contributed by atoms with van der Waals surface area (Å²) in [5, 5.41) is 8.96. The van der Waals surface area contributed by atoms with Crippen LogP contribution >= 0.6 is 0 Å². The van der Waals surface area contributed by atoms with E-state index in [4.69, 9.17) is 15.6 Å². The molecule has 0 bridgehead atoms. The number of para-hydroxylation sites is 1. The van der Waals surface area contributed by atoms with Crippen LogP contribution in [0.25, 0.3) is 0 Å². The van der Waals surface area contributed by atoms with E-state index < -0.39 is 18.1 Å². The zero-order chi connectivity index (χ0) is 16.0. The van der Waals surface area contributed by atoms with Gasteiger partial charge in [0.2, 0.25) is 0 Å². The van der Waals surface area contributed by atoms with Crippen LogP contribution in [0.2, 0.25) is 0 Å². The lowest BCUT2D eigenvalue weighted by molar-refractivity contribution is -0.144. The van der Waals surface area contributed by atoms with E-state index in [0.717, 1.165) is 18.4 Å². The van der Waals surface area contributed by atoms with Crippen molar-refractivity contribution in [1.29, 1.82) is 0 Å². The van der Waals surface area contributed by atoms with Crippen LogP contribution in [0.5, 0.6) is 5.75 Å². The normalized spacial score (nSPS) is 11.8. The highest BCUT2D eigenvalue weighted by atomic mass is 16.5. The Hall–Kier alpha value is -2.24. The van der Waals surface area contributed by atoms with Gasteiger partial charge in [-0.25, -0.2) is 9.59 Å². The maximum atomic E-state index is 11.7. The number of anilines is 1. The monoisotopic (exact) mass is 294 g/mol. The minimum Gasteiger partial charge on any atom is -0.479 e. The highest BCUT2D eigenvalue weighted by Crippen LogP contribution is 2.33. The molecule has 6 nitrogen and oxygen atoms in total. The highest BCUT2D eigenvalue weighted by molar-refractivity contribution is 5.93. The molecule has 0 heterocycles. The van der Waals surface area contributed by atoms with Crippen LogP contribution in [0, 0.1) is 6.92 Å². The summed E-state index contributed by atoms with van der Waals surface area (Å²) in [5.74, 6) is -0.721. The molecule has 1 atom stereocenters. The summed E-state index contributed by atoms with van der Waals surface area (Å²) >= 11 is 0. The average Bonchev–Trinajstić information content (AvgIpc) is 2.41. The Balaban J connectivity index is 3.18. The fourth-order valence-electron chi connectivity index (χ4n) is 1.96. The lowest BCUT2D eigenvalue weighted by atomic mass is 10.1. The number of nitrogens with two attached hydrogens (primary N) is 1. The second kappa shape index (κ2) is 7.52. The molecule has 6 heteroatoms. The van der Waals surface area contributed by atoms with Gasteiger partial charge in [0, 0.05) is 6.54 Å². The predicted octanol–water partition coefficient (Wildman–Crippen LogP) is 2.53. The molecule has 1 aromatic rings. The van der Waals surface area contributed by atoms with E-state index >= 15 is 0 Å². The topological polar surface area (TPSA) is 92.9 Å². The van der Waals surface area contributed by atoms with E-state index in [0.29, 0.717) is 18.0 Å². The molecule has 0 aliphatic carbocycles. The van der Waals surface area contributed by atoms with Crippen LogP contribution in [-0.2, 0) is 4.79 Å². The number of nitrogens with zero attached hydrogens (tertiary/aromatic N) is 1. The molecule has 0 saturated heterocycles. The Morgan fingerprint density at radius 2 is 2.10 bits per heavy atom. The zero-order valence-corrected chi connectivity index (χ0v) is 12.6. The van der Waals surface area contributed by atoms with Gasteiger partial charge in [0.1, 0.15) is 5.75 Å². The number of carbonyl (C=O) groups excluding carboxylic acids is 1. The molecule has 0 aliphatic heterocycles. The minimum atomic E-state index is -1.07. The largest absolute Gasteiger partial charge is 0.479 e. The standard InChI is InChI=1S/C15H22N2O4/c1-4-5-9-17(15(16)20)13-10(2)7-6-8-12(13)21-11(3)14(18)19/h6-8,11H,4-5,9H2,1-3H3,(H2,16,20)(H,18,19). The molecule has 1 unspecified atom stereocenters. The van der Waals surface area contributed by atoms with Crippen LogP contribution in [0.4, 0.5) is 10.5 Å². The van der Waals surface area contributed by atoms with Gasteiger partial charge in [0.25, 0.3) is 0 Å². The molecule has 21 heavy (non-hydrogen) atoms. The number of ether oxygens (including phenoxy) is 1. The van der Waals surface area contributed by atoms with Crippen molar-refractivity contribution in [3.05, 3.63) is 23.8 Å². The van der Waals surface area contributed by atoms with E-state index in [1.54, 1.807) is 12.1 Å². The predicted molar refractivity (Wildman–Crippen MR) is 80.7 cm³/mol. The van der Waals surface area contributed by atoms with Gasteiger partial charge in [0.05, 0.1) is 5.69 Å². The molecule has 116 valence electrons. The van der Waals surface area contributed by atoms with Crippen molar-refractivity contribution in [3.8, 4) is 5.75 Å². The van der Waals surface area contributed by atoms with Crippen LogP contribution in [0.1, 0.15) is 32.3 Å². The number of urea groups is 1. The number of aryl methyl sites for hydroxylation is 1. The number of carboxylic acids is 1. The average molecular weight is 294 g/mol. The first-order valence-corrected chi connectivity index (χ1v) is 6.94. The van der Waals surface area contributed by atoms with Crippen molar-refractivity contribution >= 4 is 17.7 Å². The van der Waals surface area contributed by atoms with Gasteiger partial charge in [-0.2, -0.15) is 0 Å².